The topological polar surface area (TPSA) is 55.1 Å². The lowest BCUT2D eigenvalue weighted by atomic mass is 9.84. The number of thioether (sulfide) groups is 1. The van der Waals surface area contributed by atoms with E-state index < -0.39 is 0 Å². The number of rotatable bonds is 5. The maximum absolute atomic E-state index is 12.0. The normalized spacial score (nSPS) is 22.5. The van der Waals surface area contributed by atoms with Gasteiger partial charge in [-0.15, -0.1) is 11.8 Å². The van der Waals surface area contributed by atoms with Gasteiger partial charge in [0.1, 0.15) is 0 Å². The molecule has 1 aliphatic rings. The van der Waals surface area contributed by atoms with Crippen molar-refractivity contribution in [3.63, 3.8) is 0 Å². The molecule has 0 saturated heterocycles. The fourth-order valence-corrected chi connectivity index (χ4v) is 3.44. The third-order valence-corrected chi connectivity index (χ3v) is 5.01. The third-order valence-electron chi connectivity index (χ3n) is 3.74. The van der Waals surface area contributed by atoms with Crippen LogP contribution in [0.25, 0.3) is 0 Å². The summed E-state index contributed by atoms with van der Waals surface area (Å²) in [5.41, 5.74) is 5.78. The lowest BCUT2D eigenvalue weighted by Crippen LogP contribution is -2.45. The summed E-state index contributed by atoms with van der Waals surface area (Å²) in [5, 5.41) is 3.85. The fourth-order valence-electron chi connectivity index (χ4n) is 2.61. The minimum absolute atomic E-state index is 0.0929. The summed E-state index contributed by atoms with van der Waals surface area (Å²) in [7, 11) is 0. The Kier molecular flexibility index (Phi) is 6.20. The van der Waals surface area contributed by atoms with Gasteiger partial charge in [0.25, 0.3) is 0 Å². The SMILES string of the molecule is NCC1CCCCC1NC(=O)CSc1ccc(Cl)cc1. The molecule has 1 aliphatic carbocycles. The van der Waals surface area contributed by atoms with Crippen molar-refractivity contribution in [3.05, 3.63) is 29.3 Å². The molecule has 0 heterocycles. The van der Waals surface area contributed by atoms with Gasteiger partial charge in [-0.1, -0.05) is 24.4 Å². The van der Waals surface area contributed by atoms with Crippen LogP contribution < -0.4 is 11.1 Å². The highest BCUT2D eigenvalue weighted by molar-refractivity contribution is 8.00. The molecule has 0 radical (unpaired) electrons. The molecule has 1 fully saturated rings. The second-order valence-corrected chi connectivity index (χ2v) is 6.68. The van der Waals surface area contributed by atoms with Crippen LogP contribution in [0.3, 0.4) is 0 Å². The molecule has 2 atom stereocenters. The summed E-state index contributed by atoms with van der Waals surface area (Å²) in [6, 6.07) is 7.81. The summed E-state index contributed by atoms with van der Waals surface area (Å²) < 4.78 is 0. The standard InChI is InChI=1S/C15H21ClN2OS/c16-12-5-7-13(8-6-12)20-10-15(19)18-14-4-2-1-3-11(14)9-17/h5-8,11,14H,1-4,9-10,17H2,(H,18,19). The molecular weight excluding hydrogens is 292 g/mol. The van der Waals surface area contributed by atoms with Crippen LogP contribution in [-0.4, -0.2) is 24.2 Å². The third kappa shape index (κ3) is 4.69. The number of carbonyl (C=O) groups is 1. The minimum atomic E-state index is 0.0929. The van der Waals surface area contributed by atoms with Crippen LogP contribution in [0.5, 0.6) is 0 Å². The van der Waals surface area contributed by atoms with Crippen molar-refractivity contribution >= 4 is 29.3 Å². The molecule has 5 heteroatoms. The molecule has 2 rings (SSSR count). The predicted molar refractivity (Wildman–Crippen MR) is 85.1 cm³/mol. The van der Waals surface area contributed by atoms with Crippen molar-refractivity contribution in [2.75, 3.05) is 12.3 Å². The Labute approximate surface area is 129 Å². The lowest BCUT2D eigenvalue weighted by Gasteiger charge is -2.31. The summed E-state index contributed by atoms with van der Waals surface area (Å²) >= 11 is 7.37. The van der Waals surface area contributed by atoms with Crippen LogP contribution in [0.15, 0.2) is 29.2 Å². The Morgan fingerprint density at radius 3 is 2.70 bits per heavy atom. The first-order valence-electron chi connectivity index (χ1n) is 7.07. The van der Waals surface area contributed by atoms with Gasteiger partial charge in [-0.2, -0.15) is 0 Å². The average molecular weight is 313 g/mol. The molecule has 1 saturated carbocycles. The smallest absolute Gasteiger partial charge is 0.230 e. The van der Waals surface area contributed by atoms with Gasteiger partial charge < -0.3 is 11.1 Å². The lowest BCUT2D eigenvalue weighted by molar-refractivity contribution is -0.119. The van der Waals surface area contributed by atoms with E-state index in [1.165, 1.54) is 24.6 Å². The quantitative estimate of drug-likeness (QED) is 0.822. The zero-order chi connectivity index (χ0) is 14.4. The Morgan fingerprint density at radius 1 is 1.30 bits per heavy atom. The van der Waals surface area contributed by atoms with Crippen LogP contribution in [-0.2, 0) is 4.79 Å². The number of halogens is 1. The van der Waals surface area contributed by atoms with Crippen molar-refractivity contribution in [1.82, 2.24) is 5.32 Å². The van der Waals surface area contributed by atoms with E-state index in [0.29, 0.717) is 23.2 Å². The number of nitrogens with two attached hydrogens (primary N) is 1. The van der Waals surface area contributed by atoms with Crippen molar-refractivity contribution in [2.45, 2.75) is 36.6 Å². The fraction of sp³-hybridized carbons (Fsp3) is 0.533. The van der Waals surface area contributed by atoms with E-state index in [0.717, 1.165) is 17.7 Å². The number of nitrogens with one attached hydrogen (secondary N) is 1. The minimum Gasteiger partial charge on any atom is -0.352 e. The van der Waals surface area contributed by atoms with Gasteiger partial charge in [-0.25, -0.2) is 0 Å². The molecule has 1 aromatic rings. The van der Waals surface area contributed by atoms with Gasteiger partial charge in [-0.3, -0.25) is 4.79 Å². The van der Waals surface area contributed by atoms with Gasteiger partial charge in [0, 0.05) is 16.0 Å². The molecule has 2 unspecified atom stereocenters. The van der Waals surface area contributed by atoms with Crippen LogP contribution in [0.4, 0.5) is 0 Å². The monoisotopic (exact) mass is 312 g/mol. The molecule has 3 N–H and O–H groups in total. The van der Waals surface area contributed by atoms with E-state index in [1.54, 1.807) is 0 Å². The molecular formula is C15H21ClN2OS. The van der Waals surface area contributed by atoms with E-state index in [-0.39, 0.29) is 11.9 Å². The summed E-state index contributed by atoms with van der Waals surface area (Å²) in [6.45, 7) is 0.662. The number of carbonyl (C=O) groups excluding carboxylic acids is 1. The predicted octanol–water partition coefficient (Wildman–Crippen LogP) is 3.07. The summed E-state index contributed by atoms with van der Waals surface area (Å²) in [6.07, 6.45) is 4.60. The van der Waals surface area contributed by atoms with Crippen molar-refractivity contribution < 1.29 is 4.79 Å². The Morgan fingerprint density at radius 2 is 2.00 bits per heavy atom. The zero-order valence-electron chi connectivity index (χ0n) is 11.5. The van der Waals surface area contributed by atoms with Crippen LogP contribution in [0, 0.1) is 5.92 Å². The van der Waals surface area contributed by atoms with E-state index >= 15 is 0 Å². The Hall–Kier alpha value is -0.710. The second kappa shape index (κ2) is 7.91. The highest BCUT2D eigenvalue weighted by Gasteiger charge is 2.25. The number of hydrogen-bond donors (Lipinski definition) is 2. The molecule has 20 heavy (non-hydrogen) atoms. The molecule has 3 nitrogen and oxygen atoms in total. The number of hydrogen-bond acceptors (Lipinski definition) is 3. The number of amides is 1. The summed E-state index contributed by atoms with van der Waals surface area (Å²) in [4.78, 5) is 13.1. The van der Waals surface area contributed by atoms with Crippen molar-refractivity contribution in [2.24, 2.45) is 11.7 Å². The van der Waals surface area contributed by atoms with Crippen LogP contribution in [0.2, 0.25) is 5.02 Å². The zero-order valence-corrected chi connectivity index (χ0v) is 13.1. The van der Waals surface area contributed by atoms with Gasteiger partial charge >= 0.3 is 0 Å². The second-order valence-electron chi connectivity index (χ2n) is 5.20. The van der Waals surface area contributed by atoms with Gasteiger partial charge in [0.2, 0.25) is 5.91 Å². The van der Waals surface area contributed by atoms with Crippen molar-refractivity contribution in [1.29, 1.82) is 0 Å². The molecule has 0 aliphatic heterocycles. The highest BCUT2D eigenvalue weighted by Crippen LogP contribution is 2.24. The van der Waals surface area contributed by atoms with Gasteiger partial charge in [0.15, 0.2) is 0 Å². The first kappa shape index (κ1) is 15.7. The van der Waals surface area contributed by atoms with E-state index in [4.69, 9.17) is 17.3 Å². The highest BCUT2D eigenvalue weighted by atomic mass is 35.5. The van der Waals surface area contributed by atoms with Gasteiger partial charge in [0.05, 0.1) is 5.75 Å². The molecule has 0 aromatic heterocycles. The first-order chi connectivity index (χ1) is 9.69. The van der Waals surface area contributed by atoms with Crippen LogP contribution >= 0.6 is 23.4 Å². The Bertz CT molecular complexity index is 438. The molecule has 110 valence electrons. The average Bonchev–Trinajstić information content (AvgIpc) is 2.47. The maximum Gasteiger partial charge on any atom is 0.230 e. The largest absolute Gasteiger partial charge is 0.352 e. The van der Waals surface area contributed by atoms with E-state index in [9.17, 15) is 4.79 Å². The molecule has 1 aromatic carbocycles. The summed E-state index contributed by atoms with van der Waals surface area (Å²) in [5.74, 6) is 0.971. The van der Waals surface area contributed by atoms with E-state index in [1.807, 2.05) is 24.3 Å². The van der Waals surface area contributed by atoms with Crippen LogP contribution in [0.1, 0.15) is 25.7 Å². The first-order valence-corrected chi connectivity index (χ1v) is 8.43. The molecule has 1 amide bonds. The Balaban J connectivity index is 1.78. The maximum atomic E-state index is 12.0. The van der Waals surface area contributed by atoms with E-state index in [2.05, 4.69) is 5.32 Å². The molecule has 0 bridgehead atoms. The van der Waals surface area contributed by atoms with Crippen molar-refractivity contribution in [3.8, 4) is 0 Å². The van der Waals surface area contributed by atoms with Gasteiger partial charge in [-0.05, 0) is 49.6 Å². The number of benzene rings is 1. The molecule has 0 spiro atoms.